The highest BCUT2D eigenvalue weighted by molar-refractivity contribution is 6.36. The van der Waals surface area contributed by atoms with Gasteiger partial charge in [-0.2, -0.15) is 0 Å². The minimum atomic E-state index is -0.190. The van der Waals surface area contributed by atoms with Crippen LogP contribution in [0.4, 0.5) is 0 Å². The molecule has 0 atom stereocenters. The molecule has 1 fully saturated rings. The third-order valence-electron chi connectivity index (χ3n) is 2.15. The average molecular weight is 246 g/mol. The molecule has 1 saturated heterocycles. The summed E-state index contributed by atoms with van der Waals surface area (Å²) in [5.74, 6) is -0.190. The van der Waals surface area contributed by atoms with E-state index >= 15 is 0 Å². The number of hydrogen-bond donors (Lipinski definition) is 1. The highest BCUT2D eigenvalue weighted by Gasteiger charge is 2.21. The molecule has 0 spiro atoms. The molecule has 1 aliphatic rings. The highest BCUT2D eigenvalue weighted by atomic mass is 35.5. The molecule has 0 saturated carbocycles. The SMILES string of the molecule is O=C(NC1COC1)c1ccc(Cl)cc1Cl. The molecule has 80 valence electrons. The molecule has 0 bridgehead atoms. The standard InChI is InChI=1S/C10H9Cl2NO2/c11-6-1-2-8(9(12)3-6)10(14)13-7-4-15-5-7/h1-3,7H,4-5H2,(H,13,14). The molecule has 1 aromatic rings. The fourth-order valence-corrected chi connectivity index (χ4v) is 1.75. The van der Waals surface area contributed by atoms with Gasteiger partial charge in [0.05, 0.1) is 29.8 Å². The Kier molecular flexibility index (Phi) is 3.14. The van der Waals surface area contributed by atoms with Crippen LogP contribution in [0.5, 0.6) is 0 Å². The largest absolute Gasteiger partial charge is 0.377 e. The summed E-state index contributed by atoms with van der Waals surface area (Å²) in [6.45, 7) is 1.13. The maximum Gasteiger partial charge on any atom is 0.253 e. The fraction of sp³-hybridized carbons (Fsp3) is 0.300. The molecule has 5 heteroatoms. The van der Waals surface area contributed by atoms with Crippen LogP contribution in [0.15, 0.2) is 18.2 Å². The van der Waals surface area contributed by atoms with Crippen molar-refractivity contribution in [3.63, 3.8) is 0 Å². The van der Waals surface area contributed by atoms with Crippen molar-refractivity contribution < 1.29 is 9.53 Å². The van der Waals surface area contributed by atoms with Gasteiger partial charge in [0.15, 0.2) is 0 Å². The summed E-state index contributed by atoms with van der Waals surface area (Å²) in [6, 6.07) is 4.90. The predicted molar refractivity (Wildman–Crippen MR) is 58.5 cm³/mol. The van der Waals surface area contributed by atoms with E-state index in [0.29, 0.717) is 28.8 Å². The van der Waals surface area contributed by atoms with Gasteiger partial charge in [-0.05, 0) is 18.2 Å². The number of carbonyl (C=O) groups is 1. The number of rotatable bonds is 2. The first kappa shape index (κ1) is 10.7. The molecule has 1 heterocycles. The number of nitrogens with one attached hydrogen (secondary N) is 1. The second-order valence-electron chi connectivity index (χ2n) is 3.33. The molecule has 3 nitrogen and oxygen atoms in total. The number of halogens is 2. The van der Waals surface area contributed by atoms with Crippen molar-refractivity contribution in [3.05, 3.63) is 33.8 Å². The topological polar surface area (TPSA) is 38.3 Å². The summed E-state index contributed by atoms with van der Waals surface area (Å²) < 4.78 is 4.95. The Hall–Kier alpha value is -0.770. The number of amides is 1. The Morgan fingerprint density at radius 1 is 1.40 bits per heavy atom. The van der Waals surface area contributed by atoms with Gasteiger partial charge in [-0.1, -0.05) is 23.2 Å². The summed E-state index contributed by atoms with van der Waals surface area (Å²) in [5.41, 5.74) is 0.438. The molecule has 1 aromatic carbocycles. The van der Waals surface area contributed by atoms with E-state index in [0.717, 1.165) is 0 Å². The third-order valence-corrected chi connectivity index (χ3v) is 2.70. The van der Waals surface area contributed by atoms with Gasteiger partial charge in [-0.15, -0.1) is 0 Å². The summed E-state index contributed by atoms with van der Waals surface area (Å²) in [5, 5.41) is 3.68. The Balaban J connectivity index is 2.10. The van der Waals surface area contributed by atoms with Gasteiger partial charge in [-0.3, -0.25) is 4.79 Å². The predicted octanol–water partition coefficient (Wildman–Crippen LogP) is 2.12. The van der Waals surface area contributed by atoms with Crippen molar-refractivity contribution in [2.24, 2.45) is 0 Å². The molecule has 0 radical (unpaired) electrons. The molecular formula is C10H9Cl2NO2. The van der Waals surface area contributed by atoms with Crippen LogP contribution in [0.1, 0.15) is 10.4 Å². The molecule has 2 rings (SSSR count). The minimum absolute atomic E-state index is 0.101. The first-order valence-electron chi connectivity index (χ1n) is 4.50. The maximum atomic E-state index is 11.7. The van der Waals surface area contributed by atoms with E-state index in [9.17, 15) is 4.79 Å². The van der Waals surface area contributed by atoms with E-state index < -0.39 is 0 Å². The lowest BCUT2D eigenvalue weighted by Gasteiger charge is -2.26. The summed E-state index contributed by atoms with van der Waals surface area (Å²) in [6.07, 6.45) is 0. The summed E-state index contributed by atoms with van der Waals surface area (Å²) in [7, 11) is 0. The van der Waals surface area contributed by atoms with E-state index in [1.165, 1.54) is 0 Å². The van der Waals surface area contributed by atoms with Crippen LogP contribution in [-0.2, 0) is 4.74 Å². The van der Waals surface area contributed by atoms with E-state index in [1.54, 1.807) is 18.2 Å². The van der Waals surface area contributed by atoms with Crippen molar-refractivity contribution in [1.82, 2.24) is 5.32 Å². The Labute approximate surface area is 97.3 Å². The minimum Gasteiger partial charge on any atom is -0.377 e. The quantitative estimate of drug-likeness (QED) is 0.867. The van der Waals surface area contributed by atoms with Gasteiger partial charge in [0, 0.05) is 5.02 Å². The summed E-state index contributed by atoms with van der Waals surface area (Å²) in [4.78, 5) is 11.7. The zero-order valence-electron chi connectivity index (χ0n) is 7.80. The van der Waals surface area contributed by atoms with Crippen LogP contribution in [0.2, 0.25) is 10.0 Å². The number of benzene rings is 1. The van der Waals surface area contributed by atoms with Crippen molar-refractivity contribution in [2.45, 2.75) is 6.04 Å². The molecule has 0 unspecified atom stereocenters. The van der Waals surface area contributed by atoms with Gasteiger partial charge < -0.3 is 10.1 Å². The van der Waals surface area contributed by atoms with E-state index in [-0.39, 0.29) is 11.9 Å². The van der Waals surface area contributed by atoms with E-state index in [4.69, 9.17) is 27.9 Å². The lowest BCUT2D eigenvalue weighted by molar-refractivity contribution is -0.00346. The van der Waals surface area contributed by atoms with Crippen molar-refractivity contribution in [3.8, 4) is 0 Å². The normalized spacial score (nSPS) is 15.9. The molecule has 1 amide bonds. The molecule has 15 heavy (non-hydrogen) atoms. The first-order valence-corrected chi connectivity index (χ1v) is 5.26. The van der Waals surface area contributed by atoms with Gasteiger partial charge in [0.2, 0.25) is 0 Å². The second-order valence-corrected chi connectivity index (χ2v) is 4.18. The van der Waals surface area contributed by atoms with Crippen molar-refractivity contribution in [1.29, 1.82) is 0 Å². The molecule has 1 N–H and O–H groups in total. The van der Waals surface area contributed by atoms with Gasteiger partial charge >= 0.3 is 0 Å². The first-order chi connectivity index (χ1) is 7.16. The average Bonchev–Trinajstić information content (AvgIpc) is 2.11. The maximum absolute atomic E-state index is 11.7. The smallest absolute Gasteiger partial charge is 0.253 e. The molecule has 0 aliphatic carbocycles. The third kappa shape index (κ3) is 2.43. The van der Waals surface area contributed by atoms with Crippen LogP contribution in [0.25, 0.3) is 0 Å². The van der Waals surface area contributed by atoms with Crippen LogP contribution >= 0.6 is 23.2 Å². The van der Waals surface area contributed by atoms with Crippen LogP contribution < -0.4 is 5.32 Å². The van der Waals surface area contributed by atoms with Crippen molar-refractivity contribution in [2.75, 3.05) is 13.2 Å². The Morgan fingerprint density at radius 3 is 2.67 bits per heavy atom. The van der Waals surface area contributed by atoms with Crippen LogP contribution in [0, 0.1) is 0 Å². The van der Waals surface area contributed by atoms with Crippen LogP contribution in [0.3, 0.4) is 0 Å². The lowest BCUT2D eigenvalue weighted by atomic mass is 10.2. The zero-order chi connectivity index (χ0) is 10.8. The van der Waals surface area contributed by atoms with Gasteiger partial charge in [0.1, 0.15) is 0 Å². The number of ether oxygens (including phenoxy) is 1. The Bertz CT molecular complexity index is 391. The Morgan fingerprint density at radius 2 is 2.13 bits per heavy atom. The number of carbonyl (C=O) groups excluding carboxylic acids is 1. The van der Waals surface area contributed by atoms with E-state index in [1.807, 2.05) is 0 Å². The fourth-order valence-electron chi connectivity index (χ4n) is 1.26. The summed E-state index contributed by atoms with van der Waals surface area (Å²) >= 11 is 11.6. The monoisotopic (exact) mass is 245 g/mol. The van der Waals surface area contributed by atoms with E-state index in [2.05, 4.69) is 5.32 Å². The highest BCUT2D eigenvalue weighted by Crippen LogP contribution is 2.21. The second kappa shape index (κ2) is 4.39. The van der Waals surface area contributed by atoms with Crippen molar-refractivity contribution >= 4 is 29.1 Å². The molecule has 0 aromatic heterocycles. The zero-order valence-corrected chi connectivity index (χ0v) is 9.31. The number of hydrogen-bond acceptors (Lipinski definition) is 2. The van der Waals surface area contributed by atoms with Gasteiger partial charge in [-0.25, -0.2) is 0 Å². The molecule has 1 aliphatic heterocycles. The molecular weight excluding hydrogens is 237 g/mol. The van der Waals surface area contributed by atoms with Crippen LogP contribution in [-0.4, -0.2) is 25.2 Å². The van der Waals surface area contributed by atoms with Gasteiger partial charge in [0.25, 0.3) is 5.91 Å². The lowest BCUT2D eigenvalue weighted by Crippen LogP contribution is -2.48.